The summed E-state index contributed by atoms with van der Waals surface area (Å²) >= 11 is 11.3. The number of rotatable bonds is 4. The number of carbonyl (C=O) groups excluding carboxylic acids is 1. The Balaban J connectivity index is 0.000000231. The van der Waals surface area contributed by atoms with Crippen molar-refractivity contribution in [3.63, 3.8) is 0 Å². The van der Waals surface area contributed by atoms with Gasteiger partial charge in [0.15, 0.2) is 0 Å². The number of carboxylic acids is 1. The normalized spacial score (nSPS) is 10.3. The van der Waals surface area contributed by atoms with Gasteiger partial charge < -0.3 is 5.11 Å². The zero-order valence-electron chi connectivity index (χ0n) is 12.0. The smallest absolute Gasteiger partial charge is 0.328 e. The van der Waals surface area contributed by atoms with E-state index in [0.717, 1.165) is 23.5 Å². The van der Waals surface area contributed by atoms with Gasteiger partial charge in [-0.2, -0.15) is 0 Å². The van der Waals surface area contributed by atoms with Crippen LogP contribution < -0.4 is 0 Å². The third-order valence-corrected chi connectivity index (χ3v) is 3.03. The van der Waals surface area contributed by atoms with Gasteiger partial charge >= 0.3 is 5.97 Å². The highest BCUT2D eigenvalue weighted by Gasteiger charge is 1.89. The first-order valence-corrected chi connectivity index (χ1v) is 7.31. The van der Waals surface area contributed by atoms with Crippen LogP contribution in [0.4, 0.5) is 0 Å². The number of carbonyl (C=O) groups is 2. The minimum Gasteiger partial charge on any atom is -0.478 e. The molecular formula is C18H14Cl2O3. The lowest BCUT2D eigenvalue weighted by Gasteiger charge is -1.91. The highest BCUT2D eigenvalue weighted by Crippen LogP contribution is 2.10. The van der Waals surface area contributed by atoms with E-state index < -0.39 is 5.97 Å². The fourth-order valence-electron chi connectivity index (χ4n) is 1.47. The molecule has 118 valence electrons. The topological polar surface area (TPSA) is 54.4 Å². The Morgan fingerprint density at radius 3 is 1.65 bits per heavy atom. The van der Waals surface area contributed by atoms with Gasteiger partial charge in [-0.05, 0) is 47.5 Å². The van der Waals surface area contributed by atoms with Crippen LogP contribution in [0.2, 0.25) is 10.0 Å². The Morgan fingerprint density at radius 2 is 1.26 bits per heavy atom. The lowest BCUT2D eigenvalue weighted by Crippen LogP contribution is -1.85. The standard InChI is InChI=1S/C9H7ClO2.C9H7ClO/c10-8-4-1-7(2-5-8)3-6-9(11)12;10-9-5-3-8(4-6-9)2-1-7-11/h1-6H,(H,11,12);1-7H/b6-3+;2-1+. The summed E-state index contributed by atoms with van der Waals surface area (Å²) in [7, 11) is 0. The average molecular weight is 349 g/mol. The second-order valence-electron chi connectivity index (χ2n) is 4.27. The van der Waals surface area contributed by atoms with Crippen LogP contribution in [0, 0.1) is 0 Å². The predicted octanol–water partition coefficient (Wildman–Crippen LogP) is 4.99. The van der Waals surface area contributed by atoms with E-state index in [-0.39, 0.29) is 0 Å². The van der Waals surface area contributed by atoms with Gasteiger partial charge in [0.2, 0.25) is 0 Å². The molecule has 2 rings (SSSR count). The van der Waals surface area contributed by atoms with Crippen molar-refractivity contribution in [2.45, 2.75) is 0 Å². The molecule has 0 aliphatic heterocycles. The fraction of sp³-hybridized carbons (Fsp3) is 0. The molecule has 1 N–H and O–H groups in total. The molecule has 3 nitrogen and oxygen atoms in total. The quantitative estimate of drug-likeness (QED) is 0.625. The van der Waals surface area contributed by atoms with Crippen molar-refractivity contribution in [3.05, 3.63) is 81.9 Å². The summed E-state index contributed by atoms with van der Waals surface area (Å²) < 4.78 is 0. The Hall–Kier alpha value is -2.36. The van der Waals surface area contributed by atoms with Gasteiger partial charge in [-0.1, -0.05) is 53.5 Å². The van der Waals surface area contributed by atoms with E-state index >= 15 is 0 Å². The molecule has 0 radical (unpaired) electrons. The molecule has 0 fully saturated rings. The van der Waals surface area contributed by atoms with Gasteiger partial charge in [0.1, 0.15) is 6.29 Å². The van der Waals surface area contributed by atoms with E-state index in [4.69, 9.17) is 28.3 Å². The van der Waals surface area contributed by atoms with Crippen LogP contribution in [0.5, 0.6) is 0 Å². The monoisotopic (exact) mass is 348 g/mol. The first-order chi connectivity index (χ1) is 11.0. The third kappa shape index (κ3) is 8.61. The molecule has 0 saturated heterocycles. The molecular weight excluding hydrogens is 335 g/mol. The van der Waals surface area contributed by atoms with Crippen molar-refractivity contribution in [1.82, 2.24) is 0 Å². The number of aldehydes is 1. The number of allylic oxidation sites excluding steroid dienone is 1. The Kier molecular flexibility index (Phi) is 8.43. The second kappa shape index (κ2) is 10.4. The molecule has 2 aromatic rings. The third-order valence-electron chi connectivity index (χ3n) is 2.53. The largest absolute Gasteiger partial charge is 0.478 e. The van der Waals surface area contributed by atoms with E-state index in [0.29, 0.717) is 10.0 Å². The molecule has 0 bridgehead atoms. The summed E-state index contributed by atoms with van der Waals surface area (Å²) in [6, 6.07) is 14.2. The van der Waals surface area contributed by atoms with Crippen molar-refractivity contribution >= 4 is 47.6 Å². The van der Waals surface area contributed by atoms with Crippen LogP contribution >= 0.6 is 23.2 Å². The highest BCUT2D eigenvalue weighted by molar-refractivity contribution is 6.30. The van der Waals surface area contributed by atoms with Crippen LogP contribution in [0.3, 0.4) is 0 Å². The number of halogens is 2. The van der Waals surface area contributed by atoms with E-state index in [2.05, 4.69) is 0 Å². The maximum absolute atomic E-state index is 10.1. The SMILES string of the molecule is O=C(O)/C=C/c1ccc(Cl)cc1.O=C/C=C/c1ccc(Cl)cc1. The Bertz CT molecular complexity index is 687. The summed E-state index contributed by atoms with van der Waals surface area (Å²) in [5, 5.41) is 9.66. The maximum Gasteiger partial charge on any atom is 0.328 e. The van der Waals surface area contributed by atoms with Crippen molar-refractivity contribution in [2.24, 2.45) is 0 Å². The molecule has 0 spiro atoms. The number of aliphatic carboxylic acids is 1. The van der Waals surface area contributed by atoms with Gasteiger partial charge in [0.05, 0.1) is 0 Å². The van der Waals surface area contributed by atoms with Gasteiger partial charge in [0, 0.05) is 16.1 Å². The Morgan fingerprint density at radius 1 is 0.826 bits per heavy atom. The van der Waals surface area contributed by atoms with Gasteiger partial charge in [-0.3, -0.25) is 4.79 Å². The highest BCUT2D eigenvalue weighted by atomic mass is 35.5. The summed E-state index contributed by atoms with van der Waals surface area (Å²) in [6.07, 6.45) is 6.52. The van der Waals surface area contributed by atoms with E-state index in [1.54, 1.807) is 42.5 Å². The minimum atomic E-state index is -0.954. The van der Waals surface area contributed by atoms with E-state index in [1.807, 2.05) is 12.1 Å². The maximum atomic E-state index is 10.1. The molecule has 0 aliphatic rings. The van der Waals surface area contributed by atoms with Crippen LogP contribution in [0.1, 0.15) is 11.1 Å². The van der Waals surface area contributed by atoms with Gasteiger partial charge in [-0.15, -0.1) is 0 Å². The summed E-state index contributed by atoms with van der Waals surface area (Å²) in [4.78, 5) is 20.1. The zero-order valence-corrected chi connectivity index (χ0v) is 13.5. The van der Waals surface area contributed by atoms with E-state index in [9.17, 15) is 9.59 Å². The van der Waals surface area contributed by atoms with Crippen molar-refractivity contribution in [3.8, 4) is 0 Å². The summed E-state index contributed by atoms with van der Waals surface area (Å²) in [5.74, 6) is -0.954. The first kappa shape index (κ1) is 18.7. The van der Waals surface area contributed by atoms with Crippen molar-refractivity contribution in [1.29, 1.82) is 0 Å². The number of carboxylic acid groups (broad SMARTS) is 1. The second-order valence-corrected chi connectivity index (χ2v) is 5.14. The number of hydrogen-bond donors (Lipinski definition) is 1. The summed E-state index contributed by atoms with van der Waals surface area (Å²) in [5.41, 5.74) is 1.79. The van der Waals surface area contributed by atoms with Crippen molar-refractivity contribution in [2.75, 3.05) is 0 Å². The van der Waals surface area contributed by atoms with Crippen LogP contribution in [0.25, 0.3) is 12.2 Å². The van der Waals surface area contributed by atoms with Gasteiger partial charge in [-0.25, -0.2) is 4.79 Å². The predicted molar refractivity (Wildman–Crippen MR) is 94.7 cm³/mol. The minimum absolute atomic E-state index is 0.641. The van der Waals surface area contributed by atoms with Crippen LogP contribution in [-0.2, 0) is 9.59 Å². The lowest BCUT2D eigenvalue weighted by atomic mass is 10.2. The lowest BCUT2D eigenvalue weighted by molar-refractivity contribution is -0.131. The molecule has 23 heavy (non-hydrogen) atoms. The van der Waals surface area contributed by atoms with E-state index in [1.165, 1.54) is 12.2 Å². The number of hydrogen-bond acceptors (Lipinski definition) is 2. The molecule has 0 saturated carbocycles. The molecule has 0 aliphatic carbocycles. The molecule has 0 atom stereocenters. The molecule has 0 heterocycles. The average Bonchev–Trinajstić information content (AvgIpc) is 2.54. The fourth-order valence-corrected chi connectivity index (χ4v) is 1.72. The van der Waals surface area contributed by atoms with Gasteiger partial charge in [0.25, 0.3) is 0 Å². The van der Waals surface area contributed by atoms with Crippen LogP contribution in [-0.4, -0.2) is 17.4 Å². The molecule has 0 amide bonds. The summed E-state index contributed by atoms with van der Waals surface area (Å²) in [6.45, 7) is 0. The number of benzene rings is 2. The zero-order chi connectivity index (χ0) is 17.1. The van der Waals surface area contributed by atoms with Crippen molar-refractivity contribution < 1.29 is 14.7 Å². The molecule has 0 unspecified atom stereocenters. The Labute approximate surface area is 144 Å². The molecule has 2 aromatic carbocycles. The first-order valence-electron chi connectivity index (χ1n) is 6.55. The van der Waals surface area contributed by atoms with Crippen LogP contribution in [0.15, 0.2) is 60.7 Å². The molecule has 5 heteroatoms. The molecule has 0 aromatic heterocycles.